The van der Waals surface area contributed by atoms with Crippen molar-refractivity contribution in [1.82, 2.24) is 10.4 Å². The first-order chi connectivity index (χ1) is 12.2. The van der Waals surface area contributed by atoms with Crippen molar-refractivity contribution in [3.05, 3.63) is 59.1 Å². The highest BCUT2D eigenvalue weighted by atomic mass is 35.5. The number of benzene rings is 2. The number of amides is 3. The minimum atomic E-state index is -0.636. The van der Waals surface area contributed by atoms with Crippen LogP contribution in [-0.2, 0) is 0 Å². The van der Waals surface area contributed by atoms with Crippen LogP contribution in [0.5, 0.6) is 5.75 Å². The van der Waals surface area contributed by atoms with Crippen molar-refractivity contribution in [2.45, 2.75) is 26.3 Å². The molecule has 0 aliphatic rings. The van der Waals surface area contributed by atoms with E-state index in [9.17, 15) is 9.59 Å². The largest absolute Gasteiger partial charge is 0.495 e. The molecule has 0 radical (unpaired) electrons. The number of rotatable bonds is 3. The molecule has 2 aromatic carbocycles. The molecule has 6 nitrogen and oxygen atoms in total. The molecule has 0 atom stereocenters. The van der Waals surface area contributed by atoms with Crippen molar-refractivity contribution in [2.75, 3.05) is 12.4 Å². The van der Waals surface area contributed by atoms with Gasteiger partial charge in [-0.1, -0.05) is 29.8 Å². The van der Waals surface area contributed by atoms with E-state index < -0.39 is 11.6 Å². The smallest absolute Gasteiger partial charge is 0.338 e. The SMILES string of the molecule is COc1ccc(Cl)cc1NC(=O)NN(C(=O)c1ccccc1)C(C)(C)C. The first kappa shape index (κ1) is 19.6. The molecule has 0 aliphatic heterocycles. The summed E-state index contributed by atoms with van der Waals surface area (Å²) in [5.74, 6) is 0.146. The van der Waals surface area contributed by atoms with Crippen molar-refractivity contribution in [3.63, 3.8) is 0 Å². The summed E-state index contributed by atoms with van der Waals surface area (Å²) < 4.78 is 5.21. The fourth-order valence-electron chi connectivity index (χ4n) is 2.26. The van der Waals surface area contributed by atoms with Gasteiger partial charge in [0.1, 0.15) is 5.75 Å². The lowest BCUT2D eigenvalue weighted by molar-refractivity contribution is 0.0460. The third-order valence-corrected chi connectivity index (χ3v) is 3.75. The zero-order valence-electron chi connectivity index (χ0n) is 15.2. The van der Waals surface area contributed by atoms with Crippen LogP contribution in [0.4, 0.5) is 10.5 Å². The fourth-order valence-corrected chi connectivity index (χ4v) is 2.43. The number of ether oxygens (including phenoxy) is 1. The third kappa shape index (κ3) is 4.89. The lowest BCUT2D eigenvalue weighted by atomic mass is 10.1. The van der Waals surface area contributed by atoms with E-state index >= 15 is 0 Å². The molecule has 0 bridgehead atoms. The summed E-state index contributed by atoms with van der Waals surface area (Å²) in [5, 5.41) is 4.40. The Morgan fingerprint density at radius 2 is 1.73 bits per heavy atom. The van der Waals surface area contributed by atoms with Gasteiger partial charge in [-0.2, -0.15) is 0 Å². The summed E-state index contributed by atoms with van der Waals surface area (Å²) in [6.07, 6.45) is 0. The number of hydrogen-bond acceptors (Lipinski definition) is 3. The fraction of sp³-hybridized carbons (Fsp3) is 0.263. The van der Waals surface area contributed by atoms with Gasteiger partial charge in [-0.25, -0.2) is 15.2 Å². The van der Waals surface area contributed by atoms with E-state index in [1.807, 2.05) is 26.8 Å². The molecule has 7 heteroatoms. The number of halogens is 1. The van der Waals surface area contributed by atoms with Crippen LogP contribution >= 0.6 is 11.6 Å². The van der Waals surface area contributed by atoms with Gasteiger partial charge in [0.2, 0.25) is 0 Å². The van der Waals surface area contributed by atoms with Crippen molar-refractivity contribution in [1.29, 1.82) is 0 Å². The number of methoxy groups -OCH3 is 1. The molecular weight excluding hydrogens is 354 g/mol. The van der Waals surface area contributed by atoms with E-state index in [0.717, 1.165) is 0 Å². The summed E-state index contributed by atoms with van der Waals surface area (Å²) in [4.78, 5) is 25.3. The van der Waals surface area contributed by atoms with Gasteiger partial charge in [0.15, 0.2) is 0 Å². The van der Waals surface area contributed by atoms with E-state index in [2.05, 4.69) is 10.7 Å². The number of nitrogens with one attached hydrogen (secondary N) is 2. The minimum absolute atomic E-state index is 0.314. The van der Waals surface area contributed by atoms with Crippen LogP contribution in [0.25, 0.3) is 0 Å². The van der Waals surface area contributed by atoms with Crippen molar-refractivity contribution in [2.24, 2.45) is 0 Å². The molecule has 0 spiro atoms. The summed E-state index contributed by atoms with van der Waals surface area (Å²) >= 11 is 5.97. The van der Waals surface area contributed by atoms with E-state index in [1.54, 1.807) is 42.5 Å². The van der Waals surface area contributed by atoms with Crippen LogP contribution in [0.1, 0.15) is 31.1 Å². The molecule has 0 saturated heterocycles. The van der Waals surface area contributed by atoms with Crippen LogP contribution in [0.2, 0.25) is 5.02 Å². The molecule has 2 aromatic rings. The molecule has 0 fully saturated rings. The lowest BCUT2D eigenvalue weighted by Crippen LogP contribution is -2.56. The standard InChI is InChI=1S/C19H22ClN3O3/c1-19(2,3)23(17(24)13-8-6-5-7-9-13)22-18(25)21-15-12-14(20)10-11-16(15)26-4/h5-12H,1-4H3,(H2,21,22,25). The second-order valence-electron chi connectivity index (χ2n) is 6.59. The van der Waals surface area contributed by atoms with Crippen molar-refractivity contribution >= 4 is 29.2 Å². The van der Waals surface area contributed by atoms with Gasteiger partial charge < -0.3 is 10.1 Å². The summed E-state index contributed by atoms with van der Waals surface area (Å²) in [7, 11) is 1.49. The van der Waals surface area contributed by atoms with Crippen LogP contribution in [0.3, 0.4) is 0 Å². The molecule has 138 valence electrons. The highest BCUT2D eigenvalue weighted by Gasteiger charge is 2.29. The van der Waals surface area contributed by atoms with Gasteiger partial charge in [0.05, 0.1) is 18.3 Å². The minimum Gasteiger partial charge on any atom is -0.495 e. The molecule has 0 unspecified atom stereocenters. The normalized spacial score (nSPS) is 10.8. The Labute approximate surface area is 158 Å². The average molecular weight is 376 g/mol. The number of hydrazine groups is 1. The molecule has 2 N–H and O–H groups in total. The first-order valence-electron chi connectivity index (χ1n) is 8.03. The predicted molar refractivity (Wildman–Crippen MR) is 103 cm³/mol. The summed E-state index contributed by atoms with van der Waals surface area (Å²) in [5.41, 5.74) is 2.85. The second-order valence-corrected chi connectivity index (χ2v) is 7.02. The van der Waals surface area contributed by atoms with Crippen LogP contribution in [0.15, 0.2) is 48.5 Å². The quantitative estimate of drug-likeness (QED) is 0.784. The number of carbonyl (C=O) groups excluding carboxylic acids is 2. The average Bonchev–Trinajstić information content (AvgIpc) is 2.59. The highest BCUT2D eigenvalue weighted by molar-refractivity contribution is 6.31. The second kappa shape index (κ2) is 8.10. The number of urea groups is 1. The molecule has 3 amide bonds. The first-order valence-corrected chi connectivity index (χ1v) is 8.41. The van der Waals surface area contributed by atoms with E-state index in [-0.39, 0.29) is 5.91 Å². The van der Waals surface area contributed by atoms with E-state index in [4.69, 9.17) is 16.3 Å². The van der Waals surface area contributed by atoms with Gasteiger partial charge in [-0.05, 0) is 51.1 Å². The highest BCUT2D eigenvalue weighted by Crippen LogP contribution is 2.27. The Morgan fingerprint density at radius 1 is 1.08 bits per heavy atom. The Bertz CT molecular complexity index is 788. The molecule has 0 aliphatic carbocycles. The summed E-state index contributed by atoms with van der Waals surface area (Å²) in [6, 6.07) is 13.0. The monoisotopic (exact) mass is 375 g/mol. The van der Waals surface area contributed by atoms with Crippen molar-refractivity contribution < 1.29 is 14.3 Å². The molecule has 0 heterocycles. The zero-order chi connectivity index (χ0) is 19.3. The summed E-state index contributed by atoms with van der Waals surface area (Å²) in [6.45, 7) is 5.48. The Balaban J connectivity index is 2.20. The zero-order valence-corrected chi connectivity index (χ0v) is 15.9. The van der Waals surface area contributed by atoms with Crippen LogP contribution in [-0.4, -0.2) is 29.6 Å². The van der Waals surface area contributed by atoms with E-state index in [1.165, 1.54) is 12.1 Å². The Hall–Kier alpha value is -2.73. The molecule has 0 aromatic heterocycles. The van der Waals surface area contributed by atoms with E-state index in [0.29, 0.717) is 22.0 Å². The third-order valence-electron chi connectivity index (χ3n) is 3.52. The number of hydrogen-bond donors (Lipinski definition) is 2. The Morgan fingerprint density at radius 3 is 2.31 bits per heavy atom. The van der Waals surface area contributed by atoms with Gasteiger partial charge in [0, 0.05) is 10.6 Å². The van der Waals surface area contributed by atoms with Gasteiger partial charge in [-0.3, -0.25) is 4.79 Å². The van der Waals surface area contributed by atoms with Crippen LogP contribution in [0, 0.1) is 0 Å². The maximum atomic E-state index is 12.8. The van der Waals surface area contributed by atoms with Gasteiger partial charge in [-0.15, -0.1) is 0 Å². The molecule has 0 saturated carbocycles. The van der Waals surface area contributed by atoms with Gasteiger partial charge >= 0.3 is 6.03 Å². The molecule has 2 rings (SSSR count). The number of carbonyl (C=O) groups is 2. The predicted octanol–water partition coefficient (Wildman–Crippen LogP) is 4.33. The maximum Gasteiger partial charge on any atom is 0.338 e. The van der Waals surface area contributed by atoms with Crippen molar-refractivity contribution in [3.8, 4) is 5.75 Å². The maximum absolute atomic E-state index is 12.8. The topological polar surface area (TPSA) is 70.7 Å². The Kier molecular flexibility index (Phi) is 6.10. The lowest BCUT2D eigenvalue weighted by Gasteiger charge is -2.35. The number of nitrogens with zero attached hydrogens (tertiary/aromatic N) is 1. The van der Waals surface area contributed by atoms with Crippen LogP contribution < -0.4 is 15.5 Å². The van der Waals surface area contributed by atoms with Gasteiger partial charge in [0.25, 0.3) is 5.91 Å². The molecule has 26 heavy (non-hydrogen) atoms. The number of anilines is 1. The molecular formula is C19H22ClN3O3.